The number of halogens is 2. The topological polar surface area (TPSA) is 54.5 Å². The first kappa shape index (κ1) is 16.8. The minimum Gasteiger partial charge on any atom is -0.341 e. The minimum absolute atomic E-state index is 0.0676. The van der Waals surface area contributed by atoms with Crippen LogP contribution >= 0.6 is 26.6 Å². The Morgan fingerprint density at radius 1 is 1.43 bits per heavy atom. The van der Waals surface area contributed by atoms with Gasteiger partial charge >= 0.3 is 0 Å². The Kier molecular flexibility index (Phi) is 5.00. The van der Waals surface area contributed by atoms with E-state index in [-0.39, 0.29) is 10.8 Å². The molecular weight excluding hydrogens is 378 g/mol. The van der Waals surface area contributed by atoms with Crippen LogP contribution in [0.25, 0.3) is 0 Å². The van der Waals surface area contributed by atoms with Crippen LogP contribution in [0.1, 0.15) is 35.2 Å². The molecule has 0 radical (unpaired) electrons. The van der Waals surface area contributed by atoms with Crippen LogP contribution in [0.3, 0.4) is 0 Å². The molecule has 7 heteroatoms. The average molecular weight is 395 g/mol. The zero-order chi connectivity index (χ0) is 15.8. The first-order chi connectivity index (χ1) is 9.70. The van der Waals surface area contributed by atoms with Crippen molar-refractivity contribution >= 4 is 41.6 Å². The van der Waals surface area contributed by atoms with E-state index in [4.69, 9.17) is 10.7 Å². The van der Waals surface area contributed by atoms with Crippen LogP contribution in [0.2, 0.25) is 0 Å². The summed E-state index contributed by atoms with van der Waals surface area (Å²) in [6, 6.07) is 2.77. The van der Waals surface area contributed by atoms with E-state index in [1.807, 2.05) is 0 Å². The Balaban J connectivity index is 2.33. The highest BCUT2D eigenvalue weighted by Crippen LogP contribution is 2.29. The molecule has 1 aliphatic carbocycles. The summed E-state index contributed by atoms with van der Waals surface area (Å²) in [5, 5.41) is 0. The third-order valence-corrected chi connectivity index (χ3v) is 6.09. The van der Waals surface area contributed by atoms with Gasteiger partial charge in [0.15, 0.2) is 0 Å². The highest BCUT2D eigenvalue weighted by Gasteiger charge is 2.24. The van der Waals surface area contributed by atoms with E-state index in [1.54, 1.807) is 18.9 Å². The van der Waals surface area contributed by atoms with Gasteiger partial charge in [-0.25, -0.2) is 8.42 Å². The van der Waals surface area contributed by atoms with E-state index in [9.17, 15) is 13.2 Å². The molecule has 0 saturated heterocycles. The average Bonchev–Trinajstić information content (AvgIpc) is 2.34. The maximum absolute atomic E-state index is 12.5. The zero-order valence-corrected chi connectivity index (χ0v) is 15.1. The number of benzene rings is 1. The molecule has 1 amide bonds. The van der Waals surface area contributed by atoms with Crippen molar-refractivity contribution in [2.75, 3.05) is 13.6 Å². The summed E-state index contributed by atoms with van der Waals surface area (Å²) in [5.41, 5.74) is 1.08. The second-order valence-electron chi connectivity index (χ2n) is 5.50. The molecule has 0 unspecified atom stereocenters. The van der Waals surface area contributed by atoms with Gasteiger partial charge in [0.25, 0.3) is 15.0 Å². The highest BCUT2D eigenvalue weighted by molar-refractivity contribution is 9.10. The standard InChI is InChI=1S/C14H17BrClNO3S/c1-9-12(6-11(7-13(9)15)21(16,19)20)14(18)17(2)8-10-4-3-5-10/h6-7,10H,3-5,8H2,1-2H3. The Morgan fingerprint density at radius 2 is 2.05 bits per heavy atom. The van der Waals surface area contributed by atoms with Gasteiger partial charge in [0, 0.05) is 34.3 Å². The van der Waals surface area contributed by atoms with Crippen molar-refractivity contribution in [1.29, 1.82) is 0 Å². The first-order valence-electron chi connectivity index (χ1n) is 6.70. The van der Waals surface area contributed by atoms with Gasteiger partial charge in [-0.2, -0.15) is 0 Å². The van der Waals surface area contributed by atoms with Gasteiger partial charge < -0.3 is 4.90 Å². The van der Waals surface area contributed by atoms with Crippen LogP contribution in [0.15, 0.2) is 21.5 Å². The van der Waals surface area contributed by atoms with E-state index in [0.29, 0.717) is 28.1 Å². The molecule has 0 spiro atoms. The number of nitrogens with zero attached hydrogens (tertiary/aromatic N) is 1. The van der Waals surface area contributed by atoms with Crippen molar-refractivity contribution in [3.05, 3.63) is 27.7 Å². The Bertz CT molecular complexity index is 671. The molecule has 4 nitrogen and oxygen atoms in total. The van der Waals surface area contributed by atoms with Gasteiger partial charge in [-0.05, 0) is 43.4 Å². The number of amides is 1. The summed E-state index contributed by atoms with van der Waals surface area (Å²) in [6.45, 7) is 2.48. The lowest BCUT2D eigenvalue weighted by molar-refractivity contribution is 0.0744. The fraction of sp³-hybridized carbons (Fsp3) is 0.500. The van der Waals surface area contributed by atoms with E-state index in [2.05, 4.69) is 15.9 Å². The Hall–Kier alpha value is -0.590. The van der Waals surface area contributed by atoms with E-state index in [0.717, 1.165) is 12.8 Å². The van der Waals surface area contributed by atoms with Crippen molar-refractivity contribution in [2.24, 2.45) is 5.92 Å². The number of carbonyl (C=O) groups excluding carboxylic acids is 1. The zero-order valence-electron chi connectivity index (χ0n) is 11.9. The van der Waals surface area contributed by atoms with Gasteiger partial charge in [-0.3, -0.25) is 4.79 Å². The largest absolute Gasteiger partial charge is 0.341 e. The summed E-state index contributed by atoms with van der Waals surface area (Å²) < 4.78 is 23.5. The molecule has 1 aliphatic rings. The molecule has 0 aliphatic heterocycles. The lowest BCUT2D eigenvalue weighted by atomic mass is 9.85. The highest BCUT2D eigenvalue weighted by atomic mass is 79.9. The van der Waals surface area contributed by atoms with Crippen LogP contribution in [-0.4, -0.2) is 32.8 Å². The predicted octanol–water partition coefficient (Wildman–Crippen LogP) is 3.56. The normalized spacial score (nSPS) is 15.6. The molecule has 0 N–H and O–H groups in total. The SMILES string of the molecule is Cc1c(Br)cc(S(=O)(=O)Cl)cc1C(=O)N(C)CC1CCC1. The Morgan fingerprint density at radius 3 is 2.52 bits per heavy atom. The minimum atomic E-state index is -3.87. The molecule has 21 heavy (non-hydrogen) atoms. The van der Waals surface area contributed by atoms with Gasteiger partial charge in [0.05, 0.1) is 4.90 Å². The van der Waals surface area contributed by atoms with Gasteiger partial charge in [-0.1, -0.05) is 22.4 Å². The van der Waals surface area contributed by atoms with Crippen LogP contribution in [0, 0.1) is 12.8 Å². The van der Waals surface area contributed by atoms with E-state index >= 15 is 0 Å². The number of hydrogen-bond donors (Lipinski definition) is 0. The van der Waals surface area contributed by atoms with Gasteiger partial charge in [0.2, 0.25) is 0 Å². The van der Waals surface area contributed by atoms with Crippen molar-refractivity contribution in [3.63, 3.8) is 0 Å². The quantitative estimate of drug-likeness (QED) is 0.734. The third-order valence-electron chi connectivity index (χ3n) is 3.93. The summed E-state index contributed by atoms with van der Waals surface area (Å²) in [6.07, 6.45) is 3.52. The predicted molar refractivity (Wildman–Crippen MR) is 86.2 cm³/mol. The van der Waals surface area contributed by atoms with Crippen LogP contribution in [0.4, 0.5) is 0 Å². The fourth-order valence-corrected chi connectivity index (χ4v) is 3.76. The van der Waals surface area contributed by atoms with Crippen molar-refractivity contribution < 1.29 is 13.2 Å². The summed E-state index contributed by atoms with van der Waals surface area (Å²) in [5.74, 6) is 0.380. The number of hydrogen-bond acceptors (Lipinski definition) is 3. The summed E-state index contributed by atoms with van der Waals surface area (Å²) in [7, 11) is 3.26. The monoisotopic (exact) mass is 393 g/mol. The number of rotatable bonds is 4. The fourth-order valence-electron chi connectivity index (χ4n) is 2.37. The van der Waals surface area contributed by atoms with Crippen LogP contribution in [0.5, 0.6) is 0 Å². The molecule has 2 rings (SSSR count). The molecular formula is C14H17BrClNO3S. The molecule has 0 bridgehead atoms. The lowest BCUT2D eigenvalue weighted by Gasteiger charge is -2.30. The Labute approximate surface area is 138 Å². The lowest BCUT2D eigenvalue weighted by Crippen LogP contribution is -2.34. The maximum atomic E-state index is 12.5. The van der Waals surface area contributed by atoms with Crippen molar-refractivity contribution in [1.82, 2.24) is 4.90 Å². The van der Waals surface area contributed by atoms with Gasteiger partial charge in [-0.15, -0.1) is 0 Å². The third kappa shape index (κ3) is 3.79. The number of carbonyl (C=O) groups is 1. The molecule has 1 aromatic carbocycles. The molecule has 1 aromatic rings. The maximum Gasteiger partial charge on any atom is 0.261 e. The van der Waals surface area contributed by atoms with Crippen molar-refractivity contribution in [2.45, 2.75) is 31.1 Å². The second-order valence-corrected chi connectivity index (χ2v) is 8.92. The first-order valence-corrected chi connectivity index (χ1v) is 9.80. The summed E-state index contributed by atoms with van der Waals surface area (Å²) >= 11 is 3.29. The molecule has 1 fully saturated rings. The molecule has 116 valence electrons. The van der Waals surface area contributed by atoms with Crippen LogP contribution < -0.4 is 0 Å². The second kappa shape index (κ2) is 6.26. The smallest absolute Gasteiger partial charge is 0.261 e. The van der Waals surface area contributed by atoms with Gasteiger partial charge in [0.1, 0.15) is 0 Å². The molecule has 0 aromatic heterocycles. The molecule has 1 saturated carbocycles. The molecule has 0 heterocycles. The molecule has 0 atom stereocenters. The van der Waals surface area contributed by atoms with E-state index in [1.165, 1.54) is 18.6 Å². The van der Waals surface area contributed by atoms with Crippen molar-refractivity contribution in [3.8, 4) is 0 Å². The summed E-state index contributed by atoms with van der Waals surface area (Å²) in [4.78, 5) is 14.1. The van der Waals surface area contributed by atoms with Crippen LogP contribution in [-0.2, 0) is 9.05 Å². The van der Waals surface area contributed by atoms with E-state index < -0.39 is 9.05 Å².